The normalized spacial score (nSPS) is 15.0. The van der Waals surface area contributed by atoms with Gasteiger partial charge in [-0.3, -0.25) is 14.4 Å². The van der Waals surface area contributed by atoms with Crippen LogP contribution in [0.5, 0.6) is 0 Å². The molecule has 1 N–H and O–H groups in total. The number of ether oxygens (including phenoxy) is 1. The summed E-state index contributed by atoms with van der Waals surface area (Å²) < 4.78 is 7.06. The van der Waals surface area contributed by atoms with E-state index in [0.29, 0.717) is 5.56 Å². The van der Waals surface area contributed by atoms with Gasteiger partial charge in [0.2, 0.25) is 11.7 Å². The van der Waals surface area contributed by atoms with Gasteiger partial charge in [-0.2, -0.15) is 0 Å². The highest BCUT2D eigenvalue weighted by Crippen LogP contribution is 2.23. The molecule has 0 saturated heterocycles. The van der Waals surface area contributed by atoms with Crippen LogP contribution < -0.4 is 5.32 Å². The van der Waals surface area contributed by atoms with Crippen molar-refractivity contribution in [2.24, 2.45) is 5.92 Å². The first kappa shape index (κ1) is 19.2. The maximum Gasteiger partial charge on any atom is 0.325 e. The number of aryl methyl sites for hydroxylation is 1. The van der Waals surface area contributed by atoms with E-state index in [1.54, 1.807) is 0 Å². The van der Waals surface area contributed by atoms with E-state index in [2.05, 4.69) is 5.32 Å². The van der Waals surface area contributed by atoms with Gasteiger partial charge >= 0.3 is 5.97 Å². The quantitative estimate of drug-likeness (QED) is 0.607. The third-order valence-electron chi connectivity index (χ3n) is 4.94. The molecule has 1 heterocycles. The molecule has 6 heteroatoms. The summed E-state index contributed by atoms with van der Waals surface area (Å²) >= 11 is 0. The zero-order valence-corrected chi connectivity index (χ0v) is 15.4. The van der Waals surface area contributed by atoms with Crippen LogP contribution in [0, 0.1) is 19.8 Å². The fourth-order valence-electron chi connectivity index (χ4n) is 3.51. The Hall–Kier alpha value is -2.11. The largest absolute Gasteiger partial charge is 0.456 e. The van der Waals surface area contributed by atoms with Gasteiger partial charge < -0.3 is 14.6 Å². The third kappa shape index (κ3) is 4.94. The van der Waals surface area contributed by atoms with Crippen molar-refractivity contribution >= 4 is 17.7 Å². The molecule has 0 spiro atoms. The SMILES string of the molecule is CCn1c(C)cc(C(=O)COC(=O)CNC(=O)C2CCCCC2)c1C. The number of hydrogen-bond acceptors (Lipinski definition) is 4. The number of carbonyl (C=O) groups is 3. The maximum absolute atomic E-state index is 12.3. The van der Waals surface area contributed by atoms with Crippen molar-refractivity contribution in [3.63, 3.8) is 0 Å². The number of nitrogens with one attached hydrogen (secondary N) is 1. The summed E-state index contributed by atoms with van der Waals surface area (Å²) in [5.74, 6) is -0.890. The van der Waals surface area contributed by atoms with Crippen LogP contribution in [0.3, 0.4) is 0 Å². The number of aromatic nitrogens is 1. The second-order valence-electron chi connectivity index (χ2n) is 6.67. The molecular weight excluding hydrogens is 320 g/mol. The monoisotopic (exact) mass is 348 g/mol. The fraction of sp³-hybridized carbons (Fsp3) is 0.632. The molecule has 0 atom stereocenters. The lowest BCUT2D eigenvalue weighted by molar-refractivity contribution is -0.143. The van der Waals surface area contributed by atoms with Crippen molar-refractivity contribution in [1.29, 1.82) is 0 Å². The van der Waals surface area contributed by atoms with Gasteiger partial charge in [0.05, 0.1) is 0 Å². The highest BCUT2D eigenvalue weighted by atomic mass is 16.5. The number of hydrogen-bond donors (Lipinski definition) is 1. The molecular formula is C19H28N2O4. The van der Waals surface area contributed by atoms with Crippen LogP contribution in [-0.4, -0.2) is 35.4 Å². The molecule has 138 valence electrons. The summed E-state index contributed by atoms with van der Waals surface area (Å²) in [6.45, 7) is 6.15. The molecule has 1 aliphatic carbocycles. The topological polar surface area (TPSA) is 77.4 Å². The second kappa shape index (κ2) is 8.83. The lowest BCUT2D eigenvalue weighted by Crippen LogP contribution is -2.36. The molecule has 1 aliphatic rings. The molecule has 1 aromatic heterocycles. The lowest BCUT2D eigenvalue weighted by Gasteiger charge is -2.20. The average molecular weight is 348 g/mol. The molecule has 0 bridgehead atoms. The van der Waals surface area contributed by atoms with E-state index in [-0.39, 0.29) is 30.8 Å². The minimum Gasteiger partial charge on any atom is -0.456 e. The first-order chi connectivity index (χ1) is 11.9. The van der Waals surface area contributed by atoms with Crippen molar-refractivity contribution < 1.29 is 19.1 Å². The predicted molar refractivity (Wildman–Crippen MR) is 94.5 cm³/mol. The number of carbonyl (C=O) groups excluding carboxylic acids is 3. The summed E-state index contributed by atoms with van der Waals surface area (Å²) in [6, 6.07) is 1.82. The molecule has 0 radical (unpaired) electrons. The van der Waals surface area contributed by atoms with E-state index in [1.165, 1.54) is 6.42 Å². The Morgan fingerprint density at radius 2 is 1.88 bits per heavy atom. The minimum absolute atomic E-state index is 0.00242. The van der Waals surface area contributed by atoms with E-state index in [0.717, 1.165) is 43.6 Å². The third-order valence-corrected chi connectivity index (χ3v) is 4.94. The van der Waals surface area contributed by atoms with Gasteiger partial charge in [0.1, 0.15) is 6.54 Å². The summed E-state index contributed by atoms with van der Waals surface area (Å²) in [5, 5.41) is 2.62. The van der Waals surface area contributed by atoms with Crippen molar-refractivity contribution in [1.82, 2.24) is 9.88 Å². The molecule has 25 heavy (non-hydrogen) atoms. The zero-order valence-electron chi connectivity index (χ0n) is 15.4. The van der Waals surface area contributed by atoms with Crippen molar-refractivity contribution in [3.05, 3.63) is 23.0 Å². The molecule has 0 aromatic carbocycles. The molecule has 1 amide bonds. The van der Waals surface area contributed by atoms with E-state index in [9.17, 15) is 14.4 Å². The van der Waals surface area contributed by atoms with Crippen LogP contribution in [0.1, 0.15) is 60.8 Å². The summed E-state index contributed by atoms with van der Waals surface area (Å²) in [7, 11) is 0. The Morgan fingerprint density at radius 3 is 2.48 bits per heavy atom. The zero-order chi connectivity index (χ0) is 18.4. The Labute approximate surface area is 148 Å². The van der Waals surface area contributed by atoms with Crippen LogP contribution in [0.15, 0.2) is 6.07 Å². The molecule has 1 saturated carbocycles. The summed E-state index contributed by atoms with van der Waals surface area (Å²) in [5.41, 5.74) is 2.47. The van der Waals surface area contributed by atoms with Gasteiger partial charge in [-0.25, -0.2) is 0 Å². The van der Waals surface area contributed by atoms with Crippen LogP contribution in [0.25, 0.3) is 0 Å². The Kier molecular flexibility index (Phi) is 6.79. The second-order valence-corrected chi connectivity index (χ2v) is 6.67. The van der Waals surface area contributed by atoms with Crippen molar-refractivity contribution in [2.45, 2.75) is 59.4 Å². The van der Waals surface area contributed by atoms with Gasteiger partial charge in [0.25, 0.3) is 0 Å². The van der Waals surface area contributed by atoms with E-state index < -0.39 is 5.97 Å². The van der Waals surface area contributed by atoms with Gasteiger partial charge in [0, 0.05) is 29.4 Å². The number of nitrogens with zero attached hydrogens (tertiary/aromatic N) is 1. The number of rotatable bonds is 7. The predicted octanol–water partition coefficient (Wildman–Crippen LogP) is 2.55. The maximum atomic E-state index is 12.3. The average Bonchev–Trinajstić information content (AvgIpc) is 2.92. The van der Waals surface area contributed by atoms with Crippen molar-refractivity contribution in [2.75, 3.05) is 13.2 Å². The fourth-order valence-corrected chi connectivity index (χ4v) is 3.51. The highest BCUT2D eigenvalue weighted by Gasteiger charge is 2.22. The first-order valence-corrected chi connectivity index (χ1v) is 9.07. The number of ketones is 1. The number of esters is 1. The van der Waals surface area contributed by atoms with Gasteiger partial charge in [-0.15, -0.1) is 0 Å². The van der Waals surface area contributed by atoms with Gasteiger partial charge in [-0.05, 0) is 39.7 Å². The number of Topliss-reactive ketones (excluding diaryl/α,β-unsaturated/α-hetero) is 1. The van der Waals surface area contributed by atoms with Gasteiger partial charge in [-0.1, -0.05) is 19.3 Å². The van der Waals surface area contributed by atoms with E-state index >= 15 is 0 Å². The summed E-state index contributed by atoms with van der Waals surface area (Å²) in [6.07, 6.45) is 5.06. The lowest BCUT2D eigenvalue weighted by atomic mass is 9.89. The molecule has 6 nitrogen and oxygen atoms in total. The van der Waals surface area contributed by atoms with Gasteiger partial charge in [0.15, 0.2) is 6.61 Å². The molecule has 0 unspecified atom stereocenters. The Balaban J connectivity index is 1.77. The van der Waals surface area contributed by atoms with E-state index in [4.69, 9.17) is 4.74 Å². The van der Waals surface area contributed by atoms with Crippen LogP contribution in [-0.2, 0) is 20.9 Å². The van der Waals surface area contributed by atoms with Crippen LogP contribution in [0.4, 0.5) is 0 Å². The van der Waals surface area contributed by atoms with Crippen LogP contribution >= 0.6 is 0 Å². The smallest absolute Gasteiger partial charge is 0.325 e. The molecule has 1 fully saturated rings. The van der Waals surface area contributed by atoms with E-state index in [1.807, 2.05) is 31.4 Å². The summed E-state index contributed by atoms with van der Waals surface area (Å²) in [4.78, 5) is 36.0. The Morgan fingerprint density at radius 1 is 1.20 bits per heavy atom. The minimum atomic E-state index is -0.582. The van der Waals surface area contributed by atoms with Crippen LogP contribution in [0.2, 0.25) is 0 Å². The highest BCUT2D eigenvalue weighted by molar-refractivity contribution is 5.99. The standard InChI is InChI=1S/C19H28N2O4/c1-4-21-13(2)10-16(14(21)3)17(22)12-25-18(23)11-20-19(24)15-8-6-5-7-9-15/h10,15H,4-9,11-12H2,1-3H3,(H,20,24). The van der Waals surface area contributed by atoms with Crippen molar-refractivity contribution in [3.8, 4) is 0 Å². The number of amides is 1. The first-order valence-electron chi connectivity index (χ1n) is 9.07. The molecule has 2 rings (SSSR count). The molecule has 0 aliphatic heterocycles. The molecule has 1 aromatic rings. The Bertz CT molecular complexity index is 642.